The van der Waals surface area contributed by atoms with Gasteiger partial charge >= 0.3 is 12.1 Å². The number of nitrogens with one attached hydrogen (secondary N) is 1. The standard InChI is InChI=1S/C14H19N3O6/c1-13(2,3)23-12(20)15-5-9-16-8(6-21-9)10-17-14(4,7-22-10)11(18)19/h6H,5,7H2,1-4H3,(H,15,20)(H,18,19). The van der Waals surface area contributed by atoms with Gasteiger partial charge in [0.1, 0.15) is 18.5 Å². The Morgan fingerprint density at radius 3 is 2.74 bits per heavy atom. The molecular weight excluding hydrogens is 306 g/mol. The highest BCUT2D eigenvalue weighted by Gasteiger charge is 2.40. The van der Waals surface area contributed by atoms with Gasteiger partial charge in [-0.15, -0.1) is 0 Å². The SMILES string of the molecule is CC(C)(C)OC(=O)NCc1nc(C2=NC(C)(C(=O)O)CO2)co1. The number of hydrogen-bond acceptors (Lipinski definition) is 7. The van der Waals surface area contributed by atoms with E-state index in [1.807, 2.05) is 0 Å². The first kappa shape index (κ1) is 16.8. The molecule has 9 nitrogen and oxygen atoms in total. The van der Waals surface area contributed by atoms with Gasteiger partial charge in [-0.2, -0.15) is 0 Å². The highest BCUT2D eigenvalue weighted by atomic mass is 16.6. The molecule has 1 aromatic heterocycles. The smallest absolute Gasteiger partial charge is 0.408 e. The van der Waals surface area contributed by atoms with E-state index in [-0.39, 0.29) is 30.6 Å². The van der Waals surface area contributed by atoms with Crippen molar-refractivity contribution in [2.75, 3.05) is 6.61 Å². The summed E-state index contributed by atoms with van der Waals surface area (Å²) in [6, 6.07) is 0. The molecule has 1 aromatic rings. The molecule has 2 heterocycles. The Morgan fingerprint density at radius 2 is 2.17 bits per heavy atom. The van der Waals surface area contributed by atoms with Gasteiger partial charge in [-0.1, -0.05) is 0 Å². The fraction of sp³-hybridized carbons (Fsp3) is 0.571. The van der Waals surface area contributed by atoms with Crippen LogP contribution in [0.15, 0.2) is 15.7 Å². The number of nitrogens with zero attached hydrogens (tertiary/aromatic N) is 2. The van der Waals surface area contributed by atoms with Crippen molar-refractivity contribution in [2.45, 2.75) is 45.4 Å². The van der Waals surface area contributed by atoms with Crippen molar-refractivity contribution in [1.29, 1.82) is 0 Å². The van der Waals surface area contributed by atoms with Gasteiger partial charge in [0.15, 0.2) is 11.2 Å². The van der Waals surface area contributed by atoms with Crippen LogP contribution in [0.3, 0.4) is 0 Å². The fourth-order valence-corrected chi connectivity index (χ4v) is 1.69. The molecule has 0 fully saturated rings. The molecule has 126 valence electrons. The van der Waals surface area contributed by atoms with Crippen molar-refractivity contribution in [3.63, 3.8) is 0 Å². The molecule has 0 bridgehead atoms. The summed E-state index contributed by atoms with van der Waals surface area (Å²) in [5.41, 5.74) is -1.65. The van der Waals surface area contributed by atoms with Crippen LogP contribution in [-0.2, 0) is 20.8 Å². The maximum absolute atomic E-state index is 11.5. The first-order valence-electron chi connectivity index (χ1n) is 6.97. The second-order valence-corrected chi connectivity index (χ2v) is 6.27. The number of oxazole rings is 1. The van der Waals surface area contributed by atoms with E-state index in [9.17, 15) is 9.59 Å². The lowest BCUT2D eigenvalue weighted by molar-refractivity contribution is -0.142. The van der Waals surface area contributed by atoms with Gasteiger partial charge in [-0.25, -0.2) is 19.6 Å². The molecule has 0 saturated heterocycles. The Kier molecular flexibility index (Phi) is 4.31. The molecule has 2 rings (SSSR count). The molecule has 0 aromatic carbocycles. The summed E-state index contributed by atoms with van der Waals surface area (Å²) < 4.78 is 15.5. The summed E-state index contributed by atoms with van der Waals surface area (Å²) in [7, 11) is 0. The number of amides is 1. The lowest BCUT2D eigenvalue weighted by Crippen LogP contribution is -2.34. The minimum atomic E-state index is -1.33. The van der Waals surface area contributed by atoms with Crippen LogP contribution >= 0.6 is 0 Å². The van der Waals surface area contributed by atoms with E-state index in [4.69, 9.17) is 19.0 Å². The summed E-state index contributed by atoms with van der Waals surface area (Å²) in [5.74, 6) is -0.758. The molecule has 9 heteroatoms. The predicted octanol–water partition coefficient (Wildman–Crippen LogP) is 1.32. The second-order valence-electron chi connectivity index (χ2n) is 6.27. The normalized spacial score (nSPS) is 20.6. The summed E-state index contributed by atoms with van der Waals surface area (Å²) in [5, 5.41) is 11.6. The van der Waals surface area contributed by atoms with E-state index in [1.54, 1.807) is 20.8 Å². The molecule has 1 aliphatic rings. The van der Waals surface area contributed by atoms with E-state index >= 15 is 0 Å². The summed E-state index contributed by atoms with van der Waals surface area (Å²) >= 11 is 0. The number of carbonyl (C=O) groups excluding carboxylic acids is 1. The van der Waals surface area contributed by atoms with Gasteiger partial charge in [0.2, 0.25) is 11.8 Å². The van der Waals surface area contributed by atoms with Crippen molar-refractivity contribution < 1.29 is 28.6 Å². The maximum Gasteiger partial charge on any atom is 0.408 e. The first-order valence-corrected chi connectivity index (χ1v) is 6.97. The Hall–Kier alpha value is -2.58. The van der Waals surface area contributed by atoms with Crippen molar-refractivity contribution in [2.24, 2.45) is 4.99 Å². The van der Waals surface area contributed by atoms with E-state index in [0.717, 1.165) is 0 Å². The minimum Gasteiger partial charge on any atom is -0.479 e. The number of aromatic nitrogens is 1. The summed E-state index contributed by atoms with van der Waals surface area (Å²) in [4.78, 5) is 30.8. The number of rotatable bonds is 4. The number of carbonyl (C=O) groups is 2. The zero-order chi connectivity index (χ0) is 17.3. The van der Waals surface area contributed by atoms with Crippen LogP contribution in [0.2, 0.25) is 0 Å². The second kappa shape index (κ2) is 5.90. The number of carboxylic acid groups (broad SMARTS) is 1. The van der Waals surface area contributed by atoms with Crippen LogP contribution in [0.1, 0.15) is 39.3 Å². The number of carboxylic acids is 1. The van der Waals surface area contributed by atoms with Crippen molar-refractivity contribution in [3.05, 3.63) is 17.8 Å². The van der Waals surface area contributed by atoms with Gasteiger partial charge in [0, 0.05) is 0 Å². The Bertz CT molecular complexity index is 645. The molecule has 0 saturated carbocycles. The molecule has 1 unspecified atom stereocenters. The molecule has 0 aliphatic carbocycles. The van der Waals surface area contributed by atoms with E-state index in [2.05, 4.69) is 15.3 Å². The topological polar surface area (TPSA) is 123 Å². The first-order chi connectivity index (χ1) is 10.6. The lowest BCUT2D eigenvalue weighted by atomic mass is 10.1. The number of aliphatic imine (C=N–C) groups is 1. The zero-order valence-electron chi connectivity index (χ0n) is 13.4. The number of alkyl carbamates (subject to hydrolysis) is 1. The minimum absolute atomic E-state index is 0.0262. The molecule has 0 radical (unpaired) electrons. The number of hydrogen-bond donors (Lipinski definition) is 2. The monoisotopic (exact) mass is 325 g/mol. The quantitative estimate of drug-likeness (QED) is 0.855. The largest absolute Gasteiger partial charge is 0.479 e. The average molecular weight is 325 g/mol. The summed E-state index contributed by atoms with van der Waals surface area (Å²) in [6.45, 7) is 6.67. The van der Waals surface area contributed by atoms with E-state index < -0.39 is 23.2 Å². The van der Waals surface area contributed by atoms with Gasteiger partial charge in [-0.05, 0) is 27.7 Å². The van der Waals surface area contributed by atoms with E-state index in [1.165, 1.54) is 13.2 Å². The predicted molar refractivity (Wildman–Crippen MR) is 78.1 cm³/mol. The van der Waals surface area contributed by atoms with Crippen LogP contribution in [-0.4, -0.2) is 45.8 Å². The van der Waals surface area contributed by atoms with Crippen LogP contribution in [0.4, 0.5) is 4.79 Å². The van der Waals surface area contributed by atoms with E-state index in [0.29, 0.717) is 0 Å². The molecule has 23 heavy (non-hydrogen) atoms. The maximum atomic E-state index is 11.5. The lowest BCUT2D eigenvalue weighted by Gasteiger charge is -2.19. The summed E-state index contributed by atoms with van der Waals surface area (Å²) in [6.07, 6.45) is 0.698. The van der Waals surface area contributed by atoms with Crippen LogP contribution < -0.4 is 5.32 Å². The average Bonchev–Trinajstić information content (AvgIpc) is 3.01. The highest BCUT2D eigenvalue weighted by molar-refractivity contribution is 5.96. The van der Waals surface area contributed by atoms with Crippen molar-refractivity contribution in [1.82, 2.24) is 10.3 Å². The van der Waals surface area contributed by atoms with Crippen molar-refractivity contribution in [3.8, 4) is 0 Å². The fourth-order valence-electron chi connectivity index (χ4n) is 1.69. The molecule has 0 spiro atoms. The van der Waals surface area contributed by atoms with Crippen LogP contribution in [0, 0.1) is 0 Å². The molecule has 2 N–H and O–H groups in total. The zero-order valence-corrected chi connectivity index (χ0v) is 13.4. The molecule has 1 aliphatic heterocycles. The third-order valence-corrected chi connectivity index (χ3v) is 2.85. The third-order valence-electron chi connectivity index (χ3n) is 2.85. The van der Waals surface area contributed by atoms with Crippen LogP contribution in [0.25, 0.3) is 0 Å². The van der Waals surface area contributed by atoms with Crippen LogP contribution in [0.5, 0.6) is 0 Å². The van der Waals surface area contributed by atoms with Gasteiger partial charge in [0.25, 0.3) is 0 Å². The third kappa shape index (κ3) is 4.21. The van der Waals surface area contributed by atoms with Crippen molar-refractivity contribution >= 4 is 18.0 Å². The number of ether oxygens (including phenoxy) is 2. The van der Waals surface area contributed by atoms with Gasteiger partial charge in [-0.3, -0.25) is 0 Å². The Morgan fingerprint density at radius 1 is 1.48 bits per heavy atom. The number of aliphatic carboxylic acids is 1. The Balaban J connectivity index is 1.97. The molecule has 1 amide bonds. The molecule has 1 atom stereocenters. The van der Waals surface area contributed by atoms with Gasteiger partial charge in [0.05, 0.1) is 6.54 Å². The highest BCUT2D eigenvalue weighted by Crippen LogP contribution is 2.21. The van der Waals surface area contributed by atoms with Gasteiger partial charge < -0.3 is 24.3 Å². The Labute approximate surface area is 132 Å². The molecular formula is C14H19N3O6.